The Labute approximate surface area is 87.7 Å². The van der Waals surface area contributed by atoms with Crippen molar-refractivity contribution in [3.05, 3.63) is 42.5 Å². The van der Waals surface area contributed by atoms with Gasteiger partial charge in [0.25, 0.3) is 0 Å². The van der Waals surface area contributed by atoms with E-state index in [-0.39, 0.29) is 5.11 Å². The highest BCUT2D eigenvalue weighted by Crippen LogP contribution is 2.18. The van der Waals surface area contributed by atoms with Gasteiger partial charge in [0.1, 0.15) is 0 Å². The molecule has 0 aromatic heterocycles. The molecule has 0 aliphatic rings. The zero-order chi connectivity index (χ0) is 9.97. The molecule has 0 bridgehead atoms. The molecule has 1 radical (unpaired) electrons. The normalized spacial score (nSPS) is 10.0. The van der Waals surface area contributed by atoms with Crippen LogP contribution < -0.4 is 11.1 Å². The zero-order valence-electron chi connectivity index (χ0n) is 7.45. The van der Waals surface area contributed by atoms with Crippen molar-refractivity contribution in [3.63, 3.8) is 0 Å². The molecule has 0 saturated heterocycles. The van der Waals surface area contributed by atoms with Gasteiger partial charge in [0.2, 0.25) is 0 Å². The predicted molar refractivity (Wildman–Crippen MR) is 63.3 cm³/mol. The summed E-state index contributed by atoms with van der Waals surface area (Å²) in [6.45, 7) is 0. The van der Waals surface area contributed by atoms with Gasteiger partial charge in [-0.25, -0.2) is 0 Å². The summed E-state index contributed by atoms with van der Waals surface area (Å²) in [6.07, 6.45) is 0. The maximum absolute atomic E-state index is 7.14. The first-order valence-corrected chi connectivity index (χ1v) is 4.68. The number of nitrogens with one attached hydrogen (secondary N) is 2. The summed E-state index contributed by atoms with van der Waals surface area (Å²) >= 11 is 4.66. The molecule has 2 aromatic rings. The summed E-state index contributed by atoms with van der Waals surface area (Å²) < 4.78 is 0. The first-order valence-electron chi connectivity index (χ1n) is 4.27. The van der Waals surface area contributed by atoms with Gasteiger partial charge >= 0.3 is 0 Å². The minimum Gasteiger partial charge on any atom is -0.331 e. The first-order chi connectivity index (χ1) is 6.75. The Balaban J connectivity index is 2.46. The van der Waals surface area contributed by atoms with Crippen molar-refractivity contribution in [3.8, 4) is 0 Å². The number of hydrogen-bond donors (Lipinski definition) is 1. The van der Waals surface area contributed by atoms with E-state index in [9.17, 15) is 0 Å². The van der Waals surface area contributed by atoms with E-state index in [4.69, 9.17) is 5.73 Å². The lowest BCUT2D eigenvalue weighted by atomic mass is 10.1. The third-order valence-corrected chi connectivity index (χ3v) is 2.11. The second-order valence-corrected chi connectivity index (χ2v) is 3.42. The van der Waals surface area contributed by atoms with Gasteiger partial charge in [-0.15, -0.1) is 0 Å². The van der Waals surface area contributed by atoms with Crippen molar-refractivity contribution in [2.45, 2.75) is 0 Å². The third-order valence-electron chi connectivity index (χ3n) is 2.01. The summed E-state index contributed by atoms with van der Waals surface area (Å²) in [5.41, 5.74) is 8.01. The molecule has 2 nitrogen and oxygen atoms in total. The number of benzene rings is 2. The highest BCUT2D eigenvalue weighted by Gasteiger charge is 1.95. The van der Waals surface area contributed by atoms with Crippen molar-refractivity contribution in [1.29, 1.82) is 0 Å². The van der Waals surface area contributed by atoms with Crippen molar-refractivity contribution >= 4 is 33.8 Å². The molecule has 0 spiro atoms. The van der Waals surface area contributed by atoms with E-state index in [1.807, 2.05) is 36.4 Å². The fourth-order valence-electron chi connectivity index (χ4n) is 1.40. The van der Waals surface area contributed by atoms with Crippen molar-refractivity contribution < 1.29 is 0 Å². The van der Waals surface area contributed by atoms with Crippen LogP contribution in [-0.2, 0) is 0 Å². The van der Waals surface area contributed by atoms with Crippen LogP contribution in [0, 0.1) is 0 Å². The van der Waals surface area contributed by atoms with E-state index in [1.165, 1.54) is 5.39 Å². The summed E-state index contributed by atoms with van der Waals surface area (Å²) in [6, 6.07) is 14.0. The molecule has 0 amide bonds. The second-order valence-electron chi connectivity index (χ2n) is 3.02. The van der Waals surface area contributed by atoms with Crippen LogP contribution in [0.1, 0.15) is 0 Å². The van der Waals surface area contributed by atoms with Gasteiger partial charge in [0.05, 0.1) is 0 Å². The molecule has 69 valence electrons. The van der Waals surface area contributed by atoms with Gasteiger partial charge in [-0.2, -0.15) is 0 Å². The lowest BCUT2D eigenvalue weighted by Crippen LogP contribution is -2.08. The van der Waals surface area contributed by atoms with Crippen LogP contribution in [0.15, 0.2) is 42.5 Å². The summed E-state index contributed by atoms with van der Waals surface area (Å²) in [7, 11) is 0. The fourth-order valence-corrected chi connectivity index (χ4v) is 1.52. The van der Waals surface area contributed by atoms with Crippen LogP contribution in [0.2, 0.25) is 0 Å². The minimum absolute atomic E-state index is 0.0419. The molecule has 2 N–H and O–H groups in total. The van der Waals surface area contributed by atoms with Crippen LogP contribution in [0.5, 0.6) is 0 Å². The Hall–Kier alpha value is -1.61. The van der Waals surface area contributed by atoms with Gasteiger partial charge in [0, 0.05) is 5.69 Å². The van der Waals surface area contributed by atoms with E-state index < -0.39 is 0 Å². The smallest absolute Gasteiger partial charge is 0.189 e. The Kier molecular flexibility index (Phi) is 2.33. The number of anilines is 1. The molecule has 14 heavy (non-hydrogen) atoms. The van der Waals surface area contributed by atoms with E-state index >= 15 is 0 Å². The molecule has 0 aliphatic carbocycles. The van der Waals surface area contributed by atoms with E-state index in [1.54, 1.807) is 0 Å². The Morgan fingerprint density at radius 1 is 1.07 bits per heavy atom. The molecule has 2 rings (SSSR count). The van der Waals surface area contributed by atoms with Crippen LogP contribution in [-0.4, -0.2) is 5.11 Å². The summed E-state index contributed by atoms with van der Waals surface area (Å²) in [4.78, 5) is 0. The molecule has 0 heterocycles. The molecule has 3 heteroatoms. The molecule has 0 atom stereocenters. The quantitative estimate of drug-likeness (QED) is 0.720. The van der Waals surface area contributed by atoms with E-state index in [0.29, 0.717) is 0 Å². The summed E-state index contributed by atoms with van der Waals surface area (Å²) in [5.74, 6) is 0. The van der Waals surface area contributed by atoms with Gasteiger partial charge < -0.3 is 5.32 Å². The molecule has 0 aliphatic heterocycles. The van der Waals surface area contributed by atoms with Crippen LogP contribution in [0.25, 0.3) is 10.8 Å². The number of hydrogen-bond acceptors (Lipinski definition) is 1. The largest absolute Gasteiger partial charge is 0.331 e. The third kappa shape index (κ3) is 1.83. The topological polar surface area (TPSA) is 35.8 Å². The highest BCUT2D eigenvalue weighted by molar-refractivity contribution is 7.80. The zero-order valence-corrected chi connectivity index (χ0v) is 8.27. The van der Waals surface area contributed by atoms with Gasteiger partial charge in [-0.1, -0.05) is 30.3 Å². The average molecular weight is 201 g/mol. The van der Waals surface area contributed by atoms with E-state index in [2.05, 4.69) is 23.6 Å². The number of rotatable bonds is 1. The standard InChI is InChI=1S/C11H9N2S/c12-11(14)13-10-6-5-8-3-1-2-4-9(8)7-10/h1-7,12H,(H,13,14). The summed E-state index contributed by atoms with van der Waals surface area (Å²) in [5, 5.41) is 5.17. The molecule has 0 fully saturated rings. The first kappa shape index (κ1) is 8.97. The number of fused-ring (bicyclic) bond motifs is 1. The molecule has 2 aromatic carbocycles. The van der Waals surface area contributed by atoms with Crippen molar-refractivity contribution in [2.75, 3.05) is 5.32 Å². The monoisotopic (exact) mass is 201 g/mol. The fraction of sp³-hybridized carbons (Fsp3) is 0. The van der Waals surface area contributed by atoms with Crippen LogP contribution >= 0.6 is 12.2 Å². The maximum atomic E-state index is 7.14. The number of thiocarbonyl (C=S) groups is 1. The SMILES string of the molecule is [NH]C(=S)Nc1ccc2ccccc2c1. The maximum Gasteiger partial charge on any atom is 0.189 e. The predicted octanol–water partition coefficient (Wildman–Crippen LogP) is 2.82. The van der Waals surface area contributed by atoms with Crippen LogP contribution in [0.3, 0.4) is 0 Å². The Bertz CT molecular complexity index is 479. The second kappa shape index (κ2) is 3.64. The van der Waals surface area contributed by atoms with E-state index in [0.717, 1.165) is 11.1 Å². The van der Waals surface area contributed by atoms with Crippen molar-refractivity contribution in [2.24, 2.45) is 0 Å². The van der Waals surface area contributed by atoms with Gasteiger partial charge in [-0.05, 0) is 35.1 Å². The van der Waals surface area contributed by atoms with Crippen molar-refractivity contribution in [1.82, 2.24) is 5.73 Å². The lowest BCUT2D eigenvalue weighted by molar-refractivity contribution is 1.60. The lowest BCUT2D eigenvalue weighted by Gasteiger charge is -2.04. The highest BCUT2D eigenvalue weighted by atomic mass is 32.1. The Morgan fingerprint density at radius 2 is 1.79 bits per heavy atom. The Morgan fingerprint density at radius 3 is 2.50 bits per heavy atom. The molecule has 0 saturated carbocycles. The van der Waals surface area contributed by atoms with Gasteiger partial charge in [-0.3, -0.25) is 5.73 Å². The molecule has 0 unspecified atom stereocenters. The van der Waals surface area contributed by atoms with Gasteiger partial charge in [0.15, 0.2) is 5.11 Å². The molecular weight excluding hydrogens is 192 g/mol. The molecular formula is C11H9N2S. The van der Waals surface area contributed by atoms with Crippen LogP contribution in [0.4, 0.5) is 5.69 Å². The average Bonchev–Trinajstić information content (AvgIpc) is 2.17. The minimum atomic E-state index is 0.0419.